The maximum Gasteiger partial charge on any atom is 0.324 e. The Kier molecular flexibility index (Phi) is 7.96. The number of ketones is 1. The Morgan fingerprint density at radius 1 is 1.18 bits per heavy atom. The summed E-state index contributed by atoms with van der Waals surface area (Å²) in [5, 5.41) is 4.07. The Morgan fingerprint density at radius 3 is 2.67 bits per heavy atom. The molecule has 8 heteroatoms. The zero-order chi connectivity index (χ0) is 23.2. The molecule has 0 aliphatic carbocycles. The molecule has 0 N–H and O–H groups in total. The summed E-state index contributed by atoms with van der Waals surface area (Å²) in [5.41, 5.74) is 1.44. The number of aryl methyl sites for hydroxylation is 1. The Bertz CT molecular complexity index is 915. The van der Waals surface area contributed by atoms with Crippen molar-refractivity contribution in [3.05, 3.63) is 29.2 Å². The molecule has 0 aromatic carbocycles. The van der Waals surface area contributed by atoms with Gasteiger partial charge in [0.1, 0.15) is 0 Å². The molecular formula is C25H36N4O4. The molecule has 0 unspecified atom stereocenters. The zero-order valence-electron chi connectivity index (χ0n) is 20.1. The summed E-state index contributed by atoms with van der Waals surface area (Å²) in [6, 6.07) is 4.33. The van der Waals surface area contributed by atoms with Gasteiger partial charge in [-0.15, -0.1) is 0 Å². The first-order valence-electron chi connectivity index (χ1n) is 12.3. The monoisotopic (exact) mass is 456 g/mol. The van der Waals surface area contributed by atoms with Crippen LogP contribution < -0.4 is 9.64 Å². The van der Waals surface area contributed by atoms with E-state index in [4.69, 9.17) is 14.0 Å². The summed E-state index contributed by atoms with van der Waals surface area (Å²) in [6.45, 7) is 10.0. The summed E-state index contributed by atoms with van der Waals surface area (Å²) in [5.74, 6) is 2.82. The van der Waals surface area contributed by atoms with Gasteiger partial charge >= 0.3 is 6.01 Å². The predicted molar refractivity (Wildman–Crippen MR) is 125 cm³/mol. The highest BCUT2D eigenvalue weighted by molar-refractivity contribution is 5.97. The zero-order valence-corrected chi connectivity index (χ0v) is 20.1. The number of rotatable bonds is 10. The van der Waals surface area contributed by atoms with Crippen LogP contribution in [0.5, 0.6) is 5.88 Å². The Hall–Kier alpha value is -2.48. The van der Waals surface area contributed by atoms with E-state index < -0.39 is 0 Å². The van der Waals surface area contributed by atoms with E-state index in [0.717, 1.165) is 63.3 Å². The second-order valence-electron chi connectivity index (χ2n) is 9.65. The topological polar surface area (TPSA) is 90.6 Å². The molecule has 0 spiro atoms. The molecule has 33 heavy (non-hydrogen) atoms. The number of ether oxygens (including phenoxy) is 2. The fraction of sp³-hybridized carbons (Fsp3) is 0.680. The van der Waals surface area contributed by atoms with Crippen molar-refractivity contribution in [2.45, 2.75) is 65.2 Å². The molecule has 2 aromatic heterocycles. The number of anilines is 1. The molecule has 0 radical (unpaired) electrons. The molecule has 2 aliphatic heterocycles. The number of Topliss-reactive ketones (excluding diaryl/α,β-unsaturated/α-hetero) is 1. The standard InChI is InChI=1S/C25H36N4O4/c1-17(2)24-27-25(33-28-24)29-11-8-19(9-12-29)5-4-13-32-23-7-6-21(18(3)26-23)22(30)15-20-10-14-31-16-20/h6-7,17,19-20H,4-5,8-16H2,1-3H3/t20-/m1/s1. The molecule has 2 fully saturated rings. The van der Waals surface area contributed by atoms with Crippen LogP contribution >= 0.6 is 0 Å². The summed E-state index contributed by atoms with van der Waals surface area (Å²) in [6.07, 6.45) is 5.88. The molecule has 0 amide bonds. The molecule has 2 aromatic rings. The minimum atomic E-state index is 0.148. The molecule has 8 nitrogen and oxygen atoms in total. The van der Waals surface area contributed by atoms with Gasteiger partial charge in [0, 0.05) is 50.3 Å². The van der Waals surface area contributed by atoms with Crippen LogP contribution in [0.3, 0.4) is 0 Å². The lowest BCUT2D eigenvalue weighted by atomic mass is 9.92. The molecule has 0 saturated carbocycles. The van der Waals surface area contributed by atoms with Crippen molar-refractivity contribution in [2.24, 2.45) is 11.8 Å². The minimum Gasteiger partial charge on any atom is -0.478 e. The molecule has 2 aliphatic rings. The van der Waals surface area contributed by atoms with Crippen LogP contribution in [0.25, 0.3) is 0 Å². The lowest BCUT2D eigenvalue weighted by molar-refractivity contribution is 0.0951. The molecule has 1 atom stereocenters. The second kappa shape index (κ2) is 11.1. The lowest BCUT2D eigenvalue weighted by Crippen LogP contribution is -2.34. The van der Waals surface area contributed by atoms with Crippen LogP contribution in [0.1, 0.15) is 80.2 Å². The van der Waals surface area contributed by atoms with E-state index in [2.05, 4.69) is 33.9 Å². The van der Waals surface area contributed by atoms with E-state index in [1.54, 1.807) is 0 Å². The van der Waals surface area contributed by atoms with Gasteiger partial charge in [0.05, 0.1) is 12.3 Å². The fourth-order valence-electron chi connectivity index (χ4n) is 4.58. The minimum absolute atomic E-state index is 0.148. The lowest BCUT2D eigenvalue weighted by Gasteiger charge is -2.30. The predicted octanol–water partition coefficient (Wildman–Crippen LogP) is 4.58. The maximum atomic E-state index is 12.6. The van der Waals surface area contributed by atoms with Crippen LogP contribution in [0.2, 0.25) is 0 Å². The van der Waals surface area contributed by atoms with Gasteiger partial charge in [0.15, 0.2) is 11.6 Å². The SMILES string of the molecule is Cc1nc(OCCCC2CCN(c3nc(C(C)C)no3)CC2)ccc1C(=O)C[C@H]1CCOC1. The van der Waals surface area contributed by atoms with Crippen molar-refractivity contribution in [1.29, 1.82) is 0 Å². The van der Waals surface area contributed by atoms with E-state index in [0.29, 0.717) is 48.9 Å². The number of hydrogen-bond donors (Lipinski definition) is 0. The van der Waals surface area contributed by atoms with Gasteiger partial charge < -0.3 is 18.9 Å². The molecule has 4 heterocycles. The van der Waals surface area contributed by atoms with E-state index in [9.17, 15) is 4.79 Å². The summed E-state index contributed by atoms with van der Waals surface area (Å²) in [7, 11) is 0. The first kappa shape index (κ1) is 23.7. The van der Waals surface area contributed by atoms with Gasteiger partial charge in [-0.25, -0.2) is 4.98 Å². The number of aromatic nitrogens is 3. The number of nitrogens with zero attached hydrogens (tertiary/aromatic N) is 4. The van der Waals surface area contributed by atoms with Crippen molar-refractivity contribution in [3.63, 3.8) is 0 Å². The van der Waals surface area contributed by atoms with E-state index in [-0.39, 0.29) is 11.7 Å². The van der Waals surface area contributed by atoms with Crippen molar-refractivity contribution < 1.29 is 18.8 Å². The highest BCUT2D eigenvalue weighted by Gasteiger charge is 2.24. The summed E-state index contributed by atoms with van der Waals surface area (Å²) < 4.78 is 16.7. The van der Waals surface area contributed by atoms with E-state index in [1.807, 2.05) is 19.1 Å². The van der Waals surface area contributed by atoms with E-state index >= 15 is 0 Å². The first-order valence-corrected chi connectivity index (χ1v) is 12.3. The third-order valence-electron chi connectivity index (χ3n) is 6.70. The first-order chi connectivity index (χ1) is 16.0. The van der Waals surface area contributed by atoms with Gasteiger partial charge in [0.2, 0.25) is 5.88 Å². The van der Waals surface area contributed by atoms with Crippen molar-refractivity contribution in [1.82, 2.24) is 15.1 Å². The van der Waals surface area contributed by atoms with Crippen molar-refractivity contribution >= 4 is 11.8 Å². The molecule has 2 saturated heterocycles. The fourth-order valence-corrected chi connectivity index (χ4v) is 4.58. The summed E-state index contributed by atoms with van der Waals surface area (Å²) in [4.78, 5) is 23.8. The second-order valence-corrected chi connectivity index (χ2v) is 9.65. The molecule has 0 bridgehead atoms. The van der Waals surface area contributed by atoms with E-state index in [1.165, 1.54) is 0 Å². The highest BCUT2D eigenvalue weighted by atomic mass is 16.5. The van der Waals surface area contributed by atoms with Crippen LogP contribution in [-0.2, 0) is 4.74 Å². The Labute approximate surface area is 196 Å². The molecular weight excluding hydrogens is 420 g/mol. The van der Waals surface area contributed by atoms with Gasteiger partial charge in [-0.05, 0) is 56.9 Å². The largest absolute Gasteiger partial charge is 0.478 e. The number of carbonyl (C=O) groups is 1. The highest BCUT2D eigenvalue weighted by Crippen LogP contribution is 2.26. The molecule has 180 valence electrons. The maximum absolute atomic E-state index is 12.6. The normalized spacial score (nSPS) is 19.4. The van der Waals surface area contributed by atoms with Gasteiger partial charge in [0.25, 0.3) is 0 Å². The summed E-state index contributed by atoms with van der Waals surface area (Å²) >= 11 is 0. The van der Waals surface area contributed by atoms with Crippen molar-refractivity contribution in [2.75, 3.05) is 37.8 Å². The average molecular weight is 457 g/mol. The van der Waals surface area contributed by atoms with Gasteiger partial charge in [-0.2, -0.15) is 4.98 Å². The van der Waals surface area contributed by atoms with Gasteiger partial charge in [-0.3, -0.25) is 4.79 Å². The smallest absolute Gasteiger partial charge is 0.324 e. The average Bonchev–Trinajstić information content (AvgIpc) is 3.50. The third kappa shape index (κ3) is 6.31. The molecule has 4 rings (SSSR count). The van der Waals surface area contributed by atoms with Crippen LogP contribution in [0, 0.1) is 18.8 Å². The number of hydrogen-bond acceptors (Lipinski definition) is 8. The number of piperidine rings is 1. The third-order valence-corrected chi connectivity index (χ3v) is 6.70. The Balaban J connectivity index is 1.16. The number of carbonyl (C=O) groups excluding carboxylic acids is 1. The van der Waals surface area contributed by atoms with Crippen LogP contribution in [-0.4, -0.2) is 53.8 Å². The Morgan fingerprint density at radius 2 is 2.00 bits per heavy atom. The quantitative estimate of drug-likeness (QED) is 0.379. The van der Waals surface area contributed by atoms with Crippen LogP contribution in [0.15, 0.2) is 16.7 Å². The van der Waals surface area contributed by atoms with Crippen molar-refractivity contribution in [3.8, 4) is 5.88 Å². The number of pyridine rings is 1. The van der Waals surface area contributed by atoms with Crippen LogP contribution in [0.4, 0.5) is 6.01 Å². The van der Waals surface area contributed by atoms with Gasteiger partial charge in [-0.1, -0.05) is 19.0 Å².